The number of halogens is 4. The normalized spacial score (nSPS) is 11.2. The lowest BCUT2D eigenvalue weighted by Gasteiger charge is -2.13. The van der Waals surface area contributed by atoms with Gasteiger partial charge in [0.15, 0.2) is 5.69 Å². The molecule has 0 aliphatic rings. The molecule has 132 valence electrons. The van der Waals surface area contributed by atoms with Gasteiger partial charge in [0, 0.05) is 10.6 Å². The lowest BCUT2D eigenvalue weighted by molar-refractivity contribution is -0.137. The van der Waals surface area contributed by atoms with Crippen molar-refractivity contribution in [2.24, 2.45) is 0 Å². The van der Waals surface area contributed by atoms with Crippen LogP contribution in [0.1, 0.15) is 16.8 Å². The number of hydrogen-bond donors (Lipinski definition) is 1. The average molecular weight is 379 g/mol. The van der Waals surface area contributed by atoms with Crippen LogP contribution in [-0.2, 0) is 12.8 Å². The second kappa shape index (κ2) is 7.06. The number of nitrogens with one attached hydrogen (secondary N) is 1. The number of aromatic nitrogens is 3. The average Bonchev–Trinajstić information content (AvgIpc) is 3.09. The Morgan fingerprint density at radius 1 is 1.15 bits per heavy atom. The van der Waals surface area contributed by atoms with Crippen molar-refractivity contribution in [1.29, 1.82) is 5.26 Å². The fraction of sp³-hybridized carbons (Fsp3) is 0.118. The molecule has 0 amide bonds. The molecule has 3 aromatic rings. The molecule has 1 heterocycles. The van der Waals surface area contributed by atoms with E-state index in [1.807, 2.05) is 0 Å². The summed E-state index contributed by atoms with van der Waals surface area (Å²) in [5, 5.41) is 19.0. The van der Waals surface area contributed by atoms with Crippen LogP contribution < -0.4 is 4.74 Å². The van der Waals surface area contributed by atoms with Crippen molar-refractivity contribution in [2.75, 3.05) is 0 Å². The molecule has 0 aliphatic carbocycles. The van der Waals surface area contributed by atoms with Crippen molar-refractivity contribution >= 4 is 11.6 Å². The van der Waals surface area contributed by atoms with Gasteiger partial charge in [0.2, 0.25) is 0 Å². The van der Waals surface area contributed by atoms with Crippen molar-refractivity contribution in [1.82, 2.24) is 15.4 Å². The Kier molecular flexibility index (Phi) is 4.82. The summed E-state index contributed by atoms with van der Waals surface area (Å²) in [6, 6.07) is 11.7. The number of aromatic amines is 1. The molecule has 0 bridgehead atoms. The summed E-state index contributed by atoms with van der Waals surface area (Å²) in [6.07, 6.45) is -4.58. The van der Waals surface area contributed by atoms with E-state index in [4.69, 9.17) is 21.6 Å². The standard InChI is InChI=1S/C17H10ClF3N4O/c18-13-3-1-10(2-4-13)9-26-14-6-11(5-12(7-14)17(19,20)21)16-15(8-22)23-25-24-16/h1-7H,9H2,(H,23,24,25). The van der Waals surface area contributed by atoms with Crippen molar-refractivity contribution in [3.05, 3.63) is 64.3 Å². The van der Waals surface area contributed by atoms with Gasteiger partial charge in [-0.3, -0.25) is 0 Å². The number of ether oxygens (including phenoxy) is 1. The van der Waals surface area contributed by atoms with Crippen LogP contribution in [0.5, 0.6) is 5.75 Å². The fourth-order valence-electron chi connectivity index (χ4n) is 2.24. The Labute approximate surface area is 151 Å². The van der Waals surface area contributed by atoms with Crippen LogP contribution in [0.4, 0.5) is 13.2 Å². The third-order valence-electron chi connectivity index (χ3n) is 3.49. The van der Waals surface area contributed by atoms with Gasteiger partial charge in [-0.2, -0.15) is 18.4 Å². The van der Waals surface area contributed by atoms with E-state index in [2.05, 4.69) is 15.4 Å². The van der Waals surface area contributed by atoms with Crippen LogP contribution in [0.15, 0.2) is 42.5 Å². The van der Waals surface area contributed by atoms with Crippen molar-refractivity contribution in [2.45, 2.75) is 12.8 Å². The molecular weight excluding hydrogens is 369 g/mol. The van der Waals surface area contributed by atoms with Gasteiger partial charge in [-0.1, -0.05) is 28.9 Å². The molecule has 0 aliphatic heterocycles. The molecule has 1 N–H and O–H groups in total. The highest BCUT2D eigenvalue weighted by Crippen LogP contribution is 2.35. The maximum absolute atomic E-state index is 13.2. The van der Waals surface area contributed by atoms with Gasteiger partial charge >= 0.3 is 6.18 Å². The smallest absolute Gasteiger partial charge is 0.416 e. The highest BCUT2D eigenvalue weighted by molar-refractivity contribution is 6.30. The molecule has 0 saturated heterocycles. The monoisotopic (exact) mass is 378 g/mol. The zero-order valence-corrected chi connectivity index (χ0v) is 13.8. The first-order valence-corrected chi connectivity index (χ1v) is 7.65. The summed E-state index contributed by atoms with van der Waals surface area (Å²) in [6.45, 7) is 0.0574. The van der Waals surface area contributed by atoms with E-state index in [1.54, 1.807) is 30.3 Å². The Bertz CT molecular complexity index is 961. The summed E-state index contributed by atoms with van der Waals surface area (Å²) in [4.78, 5) is 0. The number of H-pyrrole nitrogens is 1. The minimum absolute atomic E-state index is 0.00309. The van der Waals surface area contributed by atoms with E-state index in [0.29, 0.717) is 5.02 Å². The molecule has 1 aromatic heterocycles. The molecule has 0 saturated carbocycles. The Morgan fingerprint density at radius 2 is 1.88 bits per heavy atom. The summed E-state index contributed by atoms with van der Waals surface area (Å²) >= 11 is 5.80. The third kappa shape index (κ3) is 3.95. The Morgan fingerprint density at radius 3 is 2.54 bits per heavy atom. The number of alkyl halides is 3. The quantitative estimate of drug-likeness (QED) is 0.720. The van der Waals surface area contributed by atoms with Crippen molar-refractivity contribution < 1.29 is 17.9 Å². The van der Waals surface area contributed by atoms with Gasteiger partial charge in [0.1, 0.15) is 24.1 Å². The summed E-state index contributed by atoms with van der Waals surface area (Å²) in [5.74, 6) is -0.00309. The molecule has 9 heteroatoms. The first-order chi connectivity index (χ1) is 12.4. The van der Waals surface area contributed by atoms with Gasteiger partial charge in [-0.15, -0.1) is 5.10 Å². The highest BCUT2D eigenvalue weighted by atomic mass is 35.5. The Balaban J connectivity index is 1.95. The predicted molar refractivity (Wildman–Crippen MR) is 87.3 cm³/mol. The minimum atomic E-state index is -4.58. The molecule has 0 spiro atoms. The number of benzene rings is 2. The van der Waals surface area contributed by atoms with Gasteiger partial charge in [0.25, 0.3) is 0 Å². The summed E-state index contributed by atoms with van der Waals surface area (Å²) in [7, 11) is 0. The van der Waals surface area contributed by atoms with Gasteiger partial charge < -0.3 is 4.74 Å². The number of nitrogens with zero attached hydrogens (tertiary/aromatic N) is 3. The predicted octanol–water partition coefficient (Wildman–Crippen LogP) is 4.59. The topological polar surface area (TPSA) is 74.6 Å². The largest absolute Gasteiger partial charge is 0.489 e. The Hall–Kier alpha value is -3.05. The summed E-state index contributed by atoms with van der Waals surface area (Å²) < 4.78 is 45.1. The second-order valence-electron chi connectivity index (χ2n) is 5.31. The zero-order valence-electron chi connectivity index (χ0n) is 13.0. The van der Waals surface area contributed by atoms with E-state index in [9.17, 15) is 13.2 Å². The molecular formula is C17H10ClF3N4O. The van der Waals surface area contributed by atoms with Crippen LogP contribution in [-0.4, -0.2) is 15.4 Å². The molecule has 0 unspecified atom stereocenters. The minimum Gasteiger partial charge on any atom is -0.489 e. The molecule has 5 nitrogen and oxygen atoms in total. The van der Waals surface area contributed by atoms with Gasteiger partial charge in [-0.05, 0) is 35.9 Å². The summed E-state index contributed by atoms with van der Waals surface area (Å²) in [5.41, 5.74) is -0.0975. The second-order valence-corrected chi connectivity index (χ2v) is 5.74. The van der Waals surface area contributed by atoms with E-state index >= 15 is 0 Å². The number of hydrogen-bond acceptors (Lipinski definition) is 4. The van der Waals surface area contributed by atoms with Gasteiger partial charge in [0.05, 0.1) is 5.56 Å². The third-order valence-corrected chi connectivity index (χ3v) is 3.74. The lowest BCUT2D eigenvalue weighted by atomic mass is 10.1. The number of rotatable bonds is 4. The SMILES string of the molecule is N#Cc1[nH]nnc1-c1cc(OCc2ccc(Cl)cc2)cc(C(F)(F)F)c1. The van der Waals surface area contributed by atoms with E-state index in [0.717, 1.165) is 17.7 Å². The van der Waals surface area contributed by atoms with Crippen molar-refractivity contribution in [3.8, 4) is 23.1 Å². The molecule has 3 rings (SSSR count). The van der Waals surface area contributed by atoms with Crippen LogP contribution in [0.3, 0.4) is 0 Å². The van der Waals surface area contributed by atoms with Crippen LogP contribution in [0.2, 0.25) is 5.02 Å². The van der Waals surface area contributed by atoms with Crippen molar-refractivity contribution in [3.63, 3.8) is 0 Å². The van der Waals surface area contributed by atoms with Crippen LogP contribution >= 0.6 is 11.6 Å². The molecule has 0 fully saturated rings. The maximum Gasteiger partial charge on any atom is 0.416 e. The zero-order chi connectivity index (χ0) is 18.7. The van der Waals surface area contributed by atoms with Gasteiger partial charge in [-0.25, -0.2) is 5.10 Å². The van der Waals surface area contributed by atoms with E-state index < -0.39 is 11.7 Å². The first kappa shape index (κ1) is 17.8. The van der Waals surface area contributed by atoms with E-state index in [-0.39, 0.29) is 29.3 Å². The highest BCUT2D eigenvalue weighted by Gasteiger charge is 2.32. The fourth-order valence-corrected chi connectivity index (χ4v) is 2.36. The molecule has 0 radical (unpaired) electrons. The number of nitriles is 1. The molecule has 2 aromatic carbocycles. The van der Waals surface area contributed by atoms with Crippen LogP contribution in [0.25, 0.3) is 11.3 Å². The first-order valence-electron chi connectivity index (χ1n) is 7.28. The lowest BCUT2D eigenvalue weighted by Crippen LogP contribution is -2.06. The molecule has 0 atom stereocenters. The maximum atomic E-state index is 13.2. The van der Waals surface area contributed by atoms with Crippen LogP contribution in [0, 0.1) is 11.3 Å². The molecule has 26 heavy (non-hydrogen) atoms. The van der Waals surface area contributed by atoms with E-state index in [1.165, 1.54) is 6.07 Å².